The van der Waals surface area contributed by atoms with Crippen LogP contribution in [0.15, 0.2) is 85.3 Å². The van der Waals surface area contributed by atoms with Crippen molar-refractivity contribution in [2.24, 2.45) is 0 Å². The van der Waals surface area contributed by atoms with E-state index < -0.39 is 0 Å². The van der Waals surface area contributed by atoms with Crippen LogP contribution in [0.1, 0.15) is 11.1 Å². The molecule has 6 heteroatoms. The van der Waals surface area contributed by atoms with Crippen LogP contribution in [0.2, 0.25) is 0 Å². The van der Waals surface area contributed by atoms with Gasteiger partial charge < -0.3 is 4.90 Å². The number of nitrogens with zero attached hydrogens (tertiary/aromatic N) is 5. The van der Waals surface area contributed by atoms with Crippen LogP contribution < -0.4 is 9.80 Å². The highest BCUT2D eigenvalue weighted by Crippen LogP contribution is 2.30. The van der Waals surface area contributed by atoms with E-state index in [4.69, 9.17) is 0 Å². The van der Waals surface area contributed by atoms with Crippen molar-refractivity contribution in [3.63, 3.8) is 0 Å². The van der Waals surface area contributed by atoms with E-state index in [2.05, 4.69) is 38.1 Å². The fourth-order valence-electron chi connectivity index (χ4n) is 3.39. The summed E-state index contributed by atoms with van der Waals surface area (Å²) in [6.07, 6.45) is 5.86. The van der Waals surface area contributed by atoms with Crippen LogP contribution >= 0.6 is 0 Å². The number of rotatable bonds is 7. The lowest BCUT2D eigenvalue weighted by molar-refractivity contribution is -0.106. The number of hydrogen-bond acceptors (Lipinski definition) is 5. The van der Waals surface area contributed by atoms with Gasteiger partial charge in [-0.05, 0) is 48.4 Å². The van der Waals surface area contributed by atoms with Crippen LogP contribution in [-0.2, 0) is 11.3 Å². The van der Waals surface area contributed by atoms with E-state index in [9.17, 15) is 4.79 Å². The van der Waals surface area contributed by atoms with Crippen LogP contribution in [0, 0.1) is 6.92 Å². The zero-order valence-electron chi connectivity index (χ0n) is 17.5. The minimum Gasteiger partial charge on any atom is -0.370 e. The minimum absolute atomic E-state index is 0.322. The largest absolute Gasteiger partial charge is 0.370 e. The van der Waals surface area contributed by atoms with Gasteiger partial charge in [0.1, 0.15) is 0 Å². The van der Waals surface area contributed by atoms with Crippen molar-refractivity contribution >= 4 is 23.7 Å². The van der Waals surface area contributed by atoms with Crippen molar-refractivity contribution in [1.29, 1.82) is 0 Å². The maximum absolute atomic E-state index is 12.1. The van der Waals surface area contributed by atoms with Gasteiger partial charge in [0.2, 0.25) is 12.4 Å². The van der Waals surface area contributed by atoms with Gasteiger partial charge in [-0.25, -0.2) is 9.97 Å². The van der Waals surface area contributed by atoms with Crippen molar-refractivity contribution in [1.82, 2.24) is 15.0 Å². The molecule has 4 aromatic rings. The minimum atomic E-state index is 0.322. The molecule has 6 nitrogen and oxygen atoms in total. The molecule has 4 rings (SSSR count). The summed E-state index contributed by atoms with van der Waals surface area (Å²) >= 11 is 0. The van der Waals surface area contributed by atoms with E-state index in [1.54, 1.807) is 24.7 Å². The monoisotopic (exact) mass is 409 g/mol. The van der Waals surface area contributed by atoms with Gasteiger partial charge in [-0.1, -0.05) is 36.4 Å². The van der Waals surface area contributed by atoms with Crippen molar-refractivity contribution in [3.8, 4) is 11.3 Å². The molecule has 2 heterocycles. The molecule has 0 aliphatic rings. The van der Waals surface area contributed by atoms with Crippen LogP contribution in [0.25, 0.3) is 11.3 Å². The normalized spacial score (nSPS) is 10.5. The first-order valence-corrected chi connectivity index (χ1v) is 9.99. The molecule has 0 spiro atoms. The first-order valence-electron chi connectivity index (χ1n) is 9.99. The van der Waals surface area contributed by atoms with E-state index in [-0.39, 0.29) is 0 Å². The predicted molar refractivity (Wildman–Crippen MR) is 123 cm³/mol. The molecule has 154 valence electrons. The number of pyridine rings is 1. The van der Waals surface area contributed by atoms with Crippen LogP contribution in [0.5, 0.6) is 0 Å². The summed E-state index contributed by atoms with van der Waals surface area (Å²) in [5.74, 6) is 0.322. The summed E-state index contributed by atoms with van der Waals surface area (Å²) in [5.41, 5.74) is 5.49. The molecule has 0 bridgehead atoms. The first-order chi connectivity index (χ1) is 15.2. The summed E-state index contributed by atoms with van der Waals surface area (Å²) in [6.45, 7) is 2.73. The molecule has 0 radical (unpaired) electrons. The molecule has 0 aliphatic carbocycles. The summed E-state index contributed by atoms with van der Waals surface area (Å²) in [7, 11) is 2.03. The Balaban J connectivity index is 1.66. The van der Waals surface area contributed by atoms with Gasteiger partial charge in [0.05, 0.1) is 11.4 Å². The predicted octanol–water partition coefficient (Wildman–Crippen LogP) is 4.78. The van der Waals surface area contributed by atoms with Crippen LogP contribution in [0.3, 0.4) is 0 Å². The third-order valence-electron chi connectivity index (χ3n) is 5.08. The van der Waals surface area contributed by atoms with Crippen molar-refractivity contribution in [2.75, 3.05) is 16.8 Å². The molecule has 31 heavy (non-hydrogen) atoms. The molecule has 0 N–H and O–H groups in total. The molecule has 0 fully saturated rings. The SMILES string of the molecule is Cc1ccc(N(C)Cc2ccccc2)cc1N(C=O)c1nccc(-c2cccnc2)n1. The number of aryl methyl sites for hydroxylation is 1. The number of anilines is 3. The fourth-order valence-corrected chi connectivity index (χ4v) is 3.39. The van der Waals surface area contributed by atoms with Gasteiger partial charge in [-0.2, -0.15) is 0 Å². The smallest absolute Gasteiger partial charge is 0.237 e. The Morgan fingerprint density at radius 2 is 1.81 bits per heavy atom. The lowest BCUT2D eigenvalue weighted by atomic mass is 10.1. The number of hydrogen-bond donors (Lipinski definition) is 0. The lowest BCUT2D eigenvalue weighted by Gasteiger charge is -2.24. The first kappa shape index (κ1) is 20.2. The topological polar surface area (TPSA) is 62.2 Å². The second-order valence-corrected chi connectivity index (χ2v) is 7.27. The molecular weight excluding hydrogens is 386 g/mol. The molecule has 0 atom stereocenters. The number of amides is 1. The van der Waals surface area contributed by atoms with Crippen LogP contribution in [0.4, 0.5) is 17.3 Å². The standard InChI is InChI=1S/C25H23N5O/c1-19-10-11-22(29(2)17-20-7-4-3-5-8-20)15-24(19)30(18-31)25-27-14-12-23(28-25)21-9-6-13-26-16-21/h3-16,18H,17H2,1-2H3. The lowest BCUT2D eigenvalue weighted by Crippen LogP contribution is -2.20. The van der Waals surface area contributed by atoms with Gasteiger partial charge in [-0.3, -0.25) is 14.7 Å². The Bertz CT molecular complexity index is 1160. The molecule has 2 aromatic heterocycles. The van der Waals surface area contributed by atoms with E-state index >= 15 is 0 Å². The molecule has 0 saturated heterocycles. The highest BCUT2D eigenvalue weighted by molar-refractivity contribution is 5.86. The van der Waals surface area contributed by atoms with Crippen molar-refractivity contribution in [2.45, 2.75) is 13.5 Å². The maximum Gasteiger partial charge on any atom is 0.237 e. The maximum atomic E-state index is 12.1. The van der Waals surface area contributed by atoms with Gasteiger partial charge >= 0.3 is 0 Å². The van der Waals surface area contributed by atoms with E-state index in [1.165, 1.54) is 10.5 Å². The van der Waals surface area contributed by atoms with E-state index in [1.807, 2.05) is 56.4 Å². The Kier molecular flexibility index (Phi) is 5.98. The Morgan fingerprint density at radius 1 is 0.968 bits per heavy atom. The highest BCUT2D eigenvalue weighted by atomic mass is 16.1. The second-order valence-electron chi connectivity index (χ2n) is 7.27. The number of benzene rings is 2. The number of aromatic nitrogens is 3. The molecule has 1 amide bonds. The third kappa shape index (κ3) is 4.59. The average molecular weight is 409 g/mol. The summed E-state index contributed by atoms with van der Waals surface area (Å²) in [5, 5.41) is 0. The van der Waals surface area contributed by atoms with Crippen molar-refractivity contribution in [3.05, 3.63) is 96.4 Å². The number of carbonyl (C=O) groups is 1. The van der Waals surface area contributed by atoms with Crippen LogP contribution in [-0.4, -0.2) is 28.4 Å². The summed E-state index contributed by atoms with van der Waals surface area (Å²) < 4.78 is 0. The van der Waals surface area contributed by atoms with E-state index in [0.29, 0.717) is 11.6 Å². The zero-order chi connectivity index (χ0) is 21.6. The average Bonchev–Trinajstić information content (AvgIpc) is 2.82. The molecule has 0 aliphatic heterocycles. The molecular formula is C25H23N5O. The van der Waals surface area contributed by atoms with Gasteiger partial charge in [0.25, 0.3) is 0 Å². The zero-order valence-corrected chi connectivity index (χ0v) is 17.5. The summed E-state index contributed by atoms with van der Waals surface area (Å²) in [6, 6.07) is 21.9. The number of carbonyl (C=O) groups excluding carboxylic acids is 1. The van der Waals surface area contributed by atoms with Gasteiger partial charge in [0, 0.05) is 43.4 Å². The highest BCUT2D eigenvalue weighted by Gasteiger charge is 2.16. The van der Waals surface area contributed by atoms with E-state index in [0.717, 1.165) is 35.5 Å². The van der Waals surface area contributed by atoms with Gasteiger partial charge in [0.15, 0.2) is 0 Å². The molecule has 0 unspecified atom stereocenters. The van der Waals surface area contributed by atoms with Crippen molar-refractivity contribution < 1.29 is 4.79 Å². The second kappa shape index (κ2) is 9.17. The Morgan fingerprint density at radius 3 is 2.55 bits per heavy atom. The van der Waals surface area contributed by atoms with Gasteiger partial charge in [-0.15, -0.1) is 0 Å². The Labute approximate surface area is 181 Å². The summed E-state index contributed by atoms with van der Waals surface area (Å²) in [4.78, 5) is 28.8. The molecule has 2 aromatic carbocycles. The third-order valence-corrected chi connectivity index (χ3v) is 5.08. The fraction of sp³-hybridized carbons (Fsp3) is 0.120. The molecule has 0 saturated carbocycles. The Hall–Kier alpha value is -4.06. The quantitative estimate of drug-likeness (QED) is 0.411.